The van der Waals surface area contributed by atoms with Gasteiger partial charge >= 0.3 is 12.1 Å². The smallest absolute Gasteiger partial charge is 0.475 e. The number of amides is 1. The van der Waals surface area contributed by atoms with Crippen molar-refractivity contribution in [3.05, 3.63) is 66.0 Å². The molecule has 0 saturated heterocycles. The van der Waals surface area contributed by atoms with Gasteiger partial charge in [-0.3, -0.25) is 4.79 Å². The molecule has 1 fully saturated rings. The molecule has 1 aromatic heterocycles. The lowest BCUT2D eigenvalue weighted by atomic mass is 9.80. The van der Waals surface area contributed by atoms with Crippen molar-refractivity contribution in [1.82, 2.24) is 15.3 Å². The zero-order valence-corrected chi connectivity index (χ0v) is 17.9. The van der Waals surface area contributed by atoms with Gasteiger partial charge in [0.15, 0.2) is 0 Å². The molecule has 4 rings (SSSR count). The number of benzene rings is 2. The molecule has 2 aromatic carbocycles. The van der Waals surface area contributed by atoms with Crippen molar-refractivity contribution in [2.45, 2.75) is 44.8 Å². The van der Waals surface area contributed by atoms with E-state index >= 15 is 0 Å². The third-order valence-electron chi connectivity index (χ3n) is 5.69. The summed E-state index contributed by atoms with van der Waals surface area (Å²) in [5.74, 6) is -0.703. The number of aliphatic carboxylic acids is 1. The number of rotatable bonds is 5. The van der Waals surface area contributed by atoms with Crippen molar-refractivity contribution >= 4 is 22.9 Å². The molecule has 3 aromatic rings. The molecule has 0 spiro atoms. The highest BCUT2D eigenvalue weighted by atomic mass is 19.4. The number of imidazole rings is 1. The summed E-state index contributed by atoms with van der Waals surface area (Å²) in [4.78, 5) is 29.4. The fourth-order valence-corrected chi connectivity index (χ4v) is 3.93. The van der Waals surface area contributed by atoms with Gasteiger partial charge in [-0.2, -0.15) is 13.2 Å². The third-order valence-corrected chi connectivity index (χ3v) is 5.69. The molecule has 1 amide bonds. The molecule has 1 saturated carbocycles. The van der Waals surface area contributed by atoms with Crippen LogP contribution in [0.1, 0.15) is 37.1 Å². The fourth-order valence-electron chi connectivity index (χ4n) is 3.93. The maximum atomic E-state index is 12.4. The van der Waals surface area contributed by atoms with Gasteiger partial charge in [0.05, 0.1) is 11.0 Å². The van der Waals surface area contributed by atoms with Gasteiger partial charge in [0.25, 0.3) is 0 Å². The Bertz CT molecular complexity index is 1030. The molecule has 0 atom stereocenters. The molecular formula is C24H26F3N3O3. The van der Waals surface area contributed by atoms with Crippen LogP contribution in [0, 0.1) is 11.8 Å². The summed E-state index contributed by atoms with van der Waals surface area (Å²) in [7, 11) is 0. The number of nitrogens with one attached hydrogen (secondary N) is 2. The molecule has 9 heteroatoms. The predicted molar refractivity (Wildman–Crippen MR) is 117 cm³/mol. The lowest BCUT2D eigenvalue weighted by molar-refractivity contribution is -0.192. The molecule has 1 heterocycles. The topological polar surface area (TPSA) is 95.1 Å². The van der Waals surface area contributed by atoms with Crippen molar-refractivity contribution in [2.75, 3.05) is 0 Å². The van der Waals surface area contributed by atoms with Crippen LogP contribution >= 0.6 is 0 Å². The predicted octanol–water partition coefficient (Wildman–Crippen LogP) is 4.86. The summed E-state index contributed by atoms with van der Waals surface area (Å²) in [5.41, 5.74) is 3.30. The Morgan fingerprint density at radius 3 is 2.21 bits per heavy atom. The van der Waals surface area contributed by atoms with E-state index in [4.69, 9.17) is 9.90 Å². The first-order chi connectivity index (χ1) is 15.7. The highest BCUT2D eigenvalue weighted by Gasteiger charge is 2.38. The molecule has 6 nitrogen and oxygen atoms in total. The SMILES string of the molecule is O=C(NCc1ccccc1)C1CCC(Cc2nc3ccccc3[nH]2)CC1.O=C(O)C(F)(F)F. The molecule has 0 radical (unpaired) electrons. The number of H-pyrrole nitrogens is 1. The number of hydrogen-bond donors (Lipinski definition) is 3. The Labute approximate surface area is 189 Å². The number of para-hydroxylation sites is 2. The van der Waals surface area contributed by atoms with E-state index in [-0.39, 0.29) is 11.8 Å². The summed E-state index contributed by atoms with van der Waals surface area (Å²) < 4.78 is 31.7. The zero-order valence-electron chi connectivity index (χ0n) is 17.9. The monoisotopic (exact) mass is 461 g/mol. The number of carbonyl (C=O) groups excluding carboxylic acids is 1. The van der Waals surface area contributed by atoms with Crippen LogP contribution in [0.3, 0.4) is 0 Å². The standard InChI is InChI=1S/C22H25N3O.C2HF3O2/c26-22(23-15-17-6-2-1-3-7-17)18-12-10-16(11-13-18)14-21-24-19-8-4-5-9-20(19)25-21;3-2(4,5)1(6)7/h1-9,16,18H,10-15H2,(H,23,26)(H,24,25);(H,6,7). The number of aromatic amines is 1. The van der Waals surface area contributed by atoms with Crippen molar-refractivity contribution in [3.63, 3.8) is 0 Å². The van der Waals surface area contributed by atoms with E-state index in [0.717, 1.165) is 54.5 Å². The van der Waals surface area contributed by atoms with Gasteiger partial charge in [0, 0.05) is 18.9 Å². The van der Waals surface area contributed by atoms with E-state index < -0.39 is 12.1 Å². The van der Waals surface area contributed by atoms with Crippen LogP contribution in [0.25, 0.3) is 11.0 Å². The van der Waals surface area contributed by atoms with Crippen molar-refractivity contribution < 1.29 is 27.9 Å². The van der Waals surface area contributed by atoms with Gasteiger partial charge in [-0.15, -0.1) is 0 Å². The Morgan fingerprint density at radius 1 is 1.00 bits per heavy atom. The van der Waals surface area contributed by atoms with E-state index in [1.165, 1.54) is 0 Å². The lowest BCUT2D eigenvalue weighted by Crippen LogP contribution is -2.33. The maximum absolute atomic E-state index is 12.4. The van der Waals surface area contributed by atoms with E-state index in [1.807, 2.05) is 48.5 Å². The van der Waals surface area contributed by atoms with E-state index in [9.17, 15) is 18.0 Å². The zero-order chi connectivity index (χ0) is 23.8. The summed E-state index contributed by atoms with van der Waals surface area (Å²) in [6, 6.07) is 18.3. The minimum Gasteiger partial charge on any atom is -0.475 e. The van der Waals surface area contributed by atoms with Gasteiger partial charge in [-0.25, -0.2) is 9.78 Å². The Kier molecular flexibility index (Phi) is 8.08. The number of carboxylic acids is 1. The Balaban J connectivity index is 0.000000383. The first kappa shape index (κ1) is 24.3. The number of alkyl halides is 3. The number of hydrogen-bond acceptors (Lipinski definition) is 3. The third kappa shape index (κ3) is 7.34. The average Bonchev–Trinajstić information content (AvgIpc) is 3.21. The maximum Gasteiger partial charge on any atom is 0.490 e. The lowest BCUT2D eigenvalue weighted by Gasteiger charge is -2.27. The minimum absolute atomic E-state index is 0.158. The number of nitrogens with zero attached hydrogens (tertiary/aromatic N) is 1. The Morgan fingerprint density at radius 2 is 1.61 bits per heavy atom. The van der Waals surface area contributed by atoms with E-state index in [0.29, 0.717) is 12.5 Å². The second-order valence-electron chi connectivity index (χ2n) is 8.13. The second-order valence-corrected chi connectivity index (χ2v) is 8.13. The first-order valence-electron chi connectivity index (χ1n) is 10.8. The van der Waals surface area contributed by atoms with Crippen molar-refractivity contribution in [3.8, 4) is 0 Å². The van der Waals surface area contributed by atoms with Crippen molar-refractivity contribution in [1.29, 1.82) is 0 Å². The summed E-state index contributed by atoms with van der Waals surface area (Å²) >= 11 is 0. The molecule has 1 aliphatic carbocycles. The number of fused-ring (bicyclic) bond motifs is 1. The molecule has 33 heavy (non-hydrogen) atoms. The quantitative estimate of drug-likeness (QED) is 0.506. The van der Waals surface area contributed by atoms with Gasteiger partial charge < -0.3 is 15.4 Å². The van der Waals surface area contributed by atoms with Crippen LogP contribution in [0.5, 0.6) is 0 Å². The van der Waals surface area contributed by atoms with E-state index in [2.05, 4.69) is 21.4 Å². The number of carbonyl (C=O) groups is 2. The van der Waals surface area contributed by atoms with Crippen LogP contribution in [0.15, 0.2) is 54.6 Å². The Hall–Kier alpha value is -3.36. The highest BCUT2D eigenvalue weighted by Crippen LogP contribution is 2.31. The summed E-state index contributed by atoms with van der Waals surface area (Å²) in [6.07, 6.45) is 0.0466. The molecule has 0 unspecified atom stereocenters. The number of halogens is 3. The number of carboxylic acid groups (broad SMARTS) is 1. The average molecular weight is 461 g/mol. The van der Waals surface area contributed by atoms with Gasteiger partial charge in [-0.05, 0) is 49.3 Å². The fraction of sp³-hybridized carbons (Fsp3) is 0.375. The van der Waals surface area contributed by atoms with E-state index in [1.54, 1.807) is 0 Å². The van der Waals surface area contributed by atoms with Gasteiger partial charge in [0.1, 0.15) is 5.82 Å². The molecule has 176 valence electrons. The van der Waals surface area contributed by atoms with Crippen LogP contribution < -0.4 is 5.32 Å². The minimum atomic E-state index is -5.08. The first-order valence-corrected chi connectivity index (χ1v) is 10.8. The second kappa shape index (κ2) is 11.0. The molecule has 1 aliphatic rings. The van der Waals surface area contributed by atoms with Crippen LogP contribution in [0.4, 0.5) is 13.2 Å². The van der Waals surface area contributed by atoms with Crippen LogP contribution in [-0.4, -0.2) is 33.1 Å². The summed E-state index contributed by atoms with van der Waals surface area (Å²) in [5, 5.41) is 10.2. The molecular weight excluding hydrogens is 435 g/mol. The number of aromatic nitrogens is 2. The van der Waals surface area contributed by atoms with Crippen LogP contribution in [-0.2, 0) is 22.6 Å². The molecule has 3 N–H and O–H groups in total. The molecule has 0 aliphatic heterocycles. The highest BCUT2D eigenvalue weighted by molar-refractivity contribution is 5.78. The van der Waals surface area contributed by atoms with Gasteiger partial charge in [0.2, 0.25) is 5.91 Å². The van der Waals surface area contributed by atoms with Gasteiger partial charge in [-0.1, -0.05) is 42.5 Å². The molecule has 0 bridgehead atoms. The van der Waals surface area contributed by atoms with Crippen LogP contribution in [0.2, 0.25) is 0 Å². The van der Waals surface area contributed by atoms with Crippen molar-refractivity contribution in [2.24, 2.45) is 11.8 Å². The largest absolute Gasteiger partial charge is 0.490 e. The summed E-state index contributed by atoms with van der Waals surface area (Å²) in [6.45, 7) is 0.624. The normalized spacial score (nSPS) is 18.3.